The van der Waals surface area contributed by atoms with Crippen LogP contribution in [0, 0.1) is 11.8 Å². The SMILES string of the molecule is COc1ccccc1CN[C@@H]1C2CC3CCCC2CN3[C@@H]1C(c1ccccc1)c1ccccc1. The van der Waals surface area contributed by atoms with Gasteiger partial charge >= 0.3 is 0 Å². The number of nitrogens with one attached hydrogen (secondary N) is 1. The minimum absolute atomic E-state index is 0.363. The lowest BCUT2D eigenvalue weighted by Crippen LogP contribution is -2.69. The average molecular weight is 453 g/mol. The average Bonchev–Trinajstić information content (AvgIpc) is 3.22. The summed E-state index contributed by atoms with van der Waals surface area (Å²) >= 11 is 0. The molecule has 0 aromatic heterocycles. The third-order valence-corrected chi connectivity index (χ3v) is 8.77. The number of benzene rings is 3. The van der Waals surface area contributed by atoms with Crippen LogP contribution in [0.15, 0.2) is 84.9 Å². The first-order valence-corrected chi connectivity index (χ1v) is 13.0. The van der Waals surface area contributed by atoms with Gasteiger partial charge in [-0.2, -0.15) is 0 Å². The van der Waals surface area contributed by atoms with Gasteiger partial charge in [0.05, 0.1) is 7.11 Å². The van der Waals surface area contributed by atoms with Crippen LogP contribution in [0.2, 0.25) is 0 Å². The fourth-order valence-electron chi connectivity index (χ4n) is 7.32. The highest BCUT2D eigenvalue weighted by molar-refractivity contribution is 5.37. The van der Waals surface area contributed by atoms with Crippen molar-refractivity contribution in [3.63, 3.8) is 0 Å². The molecule has 3 nitrogen and oxygen atoms in total. The molecule has 5 fully saturated rings. The summed E-state index contributed by atoms with van der Waals surface area (Å²) in [7, 11) is 1.78. The zero-order valence-electron chi connectivity index (χ0n) is 20.1. The lowest BCUT2D eigenvalue weighted by Gasteiger charge is -2.59. The highest BCUT2D eigenvalue weighted by Crippen LogP contribution is 2.50. The molecule has 1 N–H and O–H groups in total. The van der Waals surface area contributed by atoms with Gasteiger partial charge in [0.1, 0.15) is 5.75 Å². The van der Waals surface area contributed by atoms with E-state index >= 15 is 0 Å². The van der Waals surface area contributed by atoms with E-state index in [0.717, 1.165) is 30.2 Å². The number of para-hydroxylation sites is 1. The summed E-state index contributed by atoms with van der Waals surface area (Å²) in [6.45, 7) is 2.12. The van der Waals surface area contributed by atoms with Crippen molar-refractivity contribution < 1.29 is 4.74 Å². The van der Waals surface area contributed by atoms with E-state index in [1.165, 1.54) is 48.9 Å². The fraction of sp³-hybridized carbons (Fsp3) is 0.419. The Bertz CT molecular complexity index is 1050. The van der Waals surface area contributed by atoms with E-state index in [2.05, 4.69) is 95.1 Å². The number of fused-ring (bicyclic) bond motifs is 3. The van der Waals surface area contributed by atoms with Crippen molar-refractivity contribution in [2.24, 2.45) is 11.8 Å². The molecule has 4 unspecified atom stereocenters. The highest BCUT2D eigenvalue weighted by Gasteiger charge is 2.54. The largest absolute Gasteiger partial charge is 0.496 e. The van der Waals surface area contributed by atoms with Crippen LogP contribution < -0.4 is 10.1 Å². The Morgan fingerprint density at radius 3 is 2.26 bits per heavy atom. The van der Waals surface area contributed by atoms with Crippen molar-refractivity contribution in [3.05, 3.63) is 102 Å². The van der Waals surface area contributed by atoms with Crippen LogP contribution in [0.5, 0.6) is 5.75 Å². The van der Waals surface area contributed by atoms with E-state index in [0.29, 0.717) is 18.0 Å². The Kier molecular flexibility index (Phi) is 6.15. The van der Waals surface area contributed by atoms with Gasteiger partial charge in [-0.15, -0.1) is 0 Å². The van der Waals surface area contributed by atoms with Crippen molar-refractivity contribution in [1.29, 1.82) is 0 Å². The molecule has 4 aliphatic heterocycles. The first-order valence-electron chi connectivity index (χ1n) is 13.0. The molecular formula is C31H36N2O. The van der Waals surface area contributed by atoms with Crippen LogP contribution in [0.1, 0.15) is 48.3 Å². The number of hydrogen-bond acceptors (Lipinski definition) is 3. The van der Waals surface area contributed by atoms with Crippen LogP contribution in [0.4, 0.5) is 0 Å². The molecule has 8 rings (SSSR count). The standard InChI is InChI=1S/C31H36N2O/c1-34-28-18-9-8-15-24(28)20-32-30-27-19-26-17-10-16-25(27)21-33(26)31(30)29(22-11-4-2-5-12-22)23-13-6-3-7-14-23/h2-9,11-15,18,25-27,29-32H,10,16-17,19-21H2,1H3/t25?,26?,27?,30-,31-/m1/s1. The first-order chi connectivity index (χ1) is 16.8. The van der Waals surface area contributed by atoms with E-state index in [1.807, 2.05) is 0 Å². The van der Waals surface area contributed by atoms with E-state index in [9.17, 15) is 0 Å². The molecule has 6 atom stereocenters. The summed E-state index contributed by atoms with van der Waals surface area (Å²) in [5.74, 6) is 2.90. The molecule has 3 heteroatoms. The lowest BCUT2D eigenvalue weighted by atomic mass is 9.65. The Hall–Kier alpha value is -2.62. The Morgan fingerprint density at radius 1 is 0.882 bits per heavy atom. The van der Waals surface area contributed by atoms with E-state index < -0.39 is 0 Å². The minimum atomic E-state index is 0.363. The number of ether oxygens (including phenoxy) is 1. The minimum Gasteiger partial charge on any atom is -0.496 e. The predicted octanol–water partition coefficient (Wildman–Crippen LogP) is 5.86. The van der Waals surface area contributed by atoms with Crippen molar-refractivity contribution in [3.8, 4) is 5.75 Å². The Balaban J connectivity index is 1.40. The van der Waals surface area contributed by atoms with Crippen molar-refractivity contribution in [1.82, 2.24) is 10.2 Å². The molecule has 3 aromatic rings. The quantitative estimate of drug-likeness (QED) is 0.486. The maximum Gasteiger partial charge on any atom is 0.123 e. The lowest BCUT2D eigenvalue weighted by molar-refractivity contribution is -0.0646. The number of piperidine rings is 3. The molecule has 3 aromatic carbocycles. The second kappa shape index (κ2) is 9.56. The summed E-state index contributed by atoms with van der Waals surface area (Å²) in [5.41, 5.74) is 4.12. The normalized spacial score (nSPS) is 29.8. The highest BCUT2D eigenvalue weighted by atomic mass is 16.5. The van der Waals surface area contributed by atoms with Gasteiger partial charge in [-0.05, 0) is 48.3 Å². The van der Waals surface area contributed by atoms with Gasteiger partial charge < -0.3 is 10.1 Å². The smallest absolute Gasteiger partial charge is 0.123 e. The molecule has 4 heterocycles. The number of hydrogen-bond donors (Lipinski definition) is 1. The second-order valence-corrected chi connectivity index (χ2v) is 10.4. The molecule has 0 radical (unpaired) electrons. The van der Waals surface area contributed by atoms with Gasteiger partial charge in [-0.3, -0.25) is 4.90 Å². The molecule has 0 spiro atoms. The molecule has 4 bridgehead atoms. The summed E-state index contributed by atoms with van der Waals surface area (Å²) < 4.78 is 5.68. The van der Waals surface area contributed by atoms with Crippen LogP contribution in [-0.4, -0.2) is 36.7 Å². The molecule has 34 heavy (non-hydrogen) atoms. The molecule has 176 valence electrons. The Labute approximate surface area is 204 Å². The fourth-order valence-corrected chi connectivity index (χ4v) is 7.32. The van der Waals surface area contributed by atoms with Crippen LogP contribution in [0.3, 0.4) is 0 Å². The molecule has 1 aliphatic carbocycles. The number of methoxy groups -OCH3 is 1. The van der Waals surface area contributed by atoms with Gasteiger partial charge in [-0.25, -0.2) is 0 Å². The zero-order chi connectivity index (χ0) is 22.9. The van der Waals surface area contributed by atoms with Crippen molar-refractivity contribution >= 4 is 0 Å². The summed E-state index contributed by atoms with van der Waals surface area (Å²) in [4.78, 5) is 2.92. The van der Waals surface area contributed by atoms with E-state index in [4.69, 9.17) is 4.74 Å². The molecule has 0 amide bonds. The topological polar surface area (TPSA) is 24.5 Å². The van der Waals surface area contributed by atoms with Crippen molar-refractivity contribution in [2.45, 2.75) is 56.3 Å². The van der Waals surface area contributed by atoms with Crippen molar-refractivity contribution in [2.75, 3.05) is 13.7 Å². The maximum absolute atomic E-state index is 5.68. The predicted molar refractivity (Wildman–Crippen MR) is 138 cm³/mol. The van der Waals surface area contributed by atoms with E-state index in [1.54, 1.807) is 7.11 Å². The van der Waals surface area contributed by atoms with Gasteiger partial charge in [0.25, 0.3) is 0 Å². The van der Waals surface area contributed by atoms with Gasteiger partial charge in [0, 0.05) is 42.7 Å². The number of nitrogens with zero attached hydrogens (tertiary/aromatic N) is 1. The summed E-state index contributed by atoms with van der Waals surface area (Å²) in [6, 6.07) is 32.6. The monoisotopic (exact) mass is 452 g/mol. The van der Waals surface area contributed by atoms with E-state index in [-0.39, 0.29) is 0 Å². The molecule has 5 aliphatic rings. The van der Waals surface area contributed by atoms with Gasteiger partial charge in [-0.1, -0.05) is 85.3 Å². The Morgan fingerprint density at radius 2 is 1.56 bits per heavy atom. The molecule has 4 saturated heterocycles. The van der Waals surface area contributed by atoms with Crippen LogP contribution in [0.25, 0.3) is 0 Å². The summed E-state index contributed by atoms with van der Waals surface area (Å²) in [6.07, 6.45) is 5.48. The third kappa shape index (κ3) is 3.95. The first kappa shape index (κ1) is 21.9. The molecule has 1 saturated carbocycles. The van der Waals surface area contributed by atoms with Crippen LogP contribution >= 0.6 is 0 Å². The van der Waals surface area contributed by atoms with Gasteiger partial charge in [0.15, 0.2) is 0 Å². The third-order valence-electron chi connectivity index (χ3n) is 8.77. The summed E-state index contributed by atoms with van der Waals surface area (Å²) in [5, 5.41) is 4.11. The van der Waals surface area contributed by atoms with Crippen LogP contribution in [-0.2, 0) is 6.54 Å². The molecular weight excluding hydrogens is 416 g/mol. The number of rotatable bonds is 7. The zero-order valence-corrected chi connectivity index (χ0v) is 20.1. The maximum atomic E-state index is 5.68. The second-order valence-electron chi connectivity index (χ2n) is 10.4. The van der Waals surface area contributed by atoms with Gasteiger partial charge in [0.2, 0.25) is 0 Å².